The van der Waals surface area contributed by atoms with Crippen molar-refractivity contribution in [2.45, 2.75) is 25.8 Å². The number of amides is 1. The van der Waals surface area contributed by atoms with Gasteiger partial charge in [-0.25, -0.2) is 0 Å². The van der Waals surface area contributed by atoms with Crippen molar-refractivity contribution in [2.75, 3.05) is 33.8 Å². The van der Waals surface area contributed by atoms with Crippen molar-refractivity contribution in [3.05, 3.63) is 35.9 Å². The number of unbranched alkanes of at least 4 members (excludes halogenated alkanes) is 2. The van der Waals surface area contributed by atoms with Gasteiger partial charge >= 0.3 is 0 Å². The van der Waals surface area contributed by atoms with Crippen LogP contribution in [0.25, 0.3) is 0 Å². The molecule has 112 valence electrons. The van der Waals surface area contributed by atoms with Crippen molar-refractivity contribution in [3.8, 4) is 0 Å². The van der Waals surface area contributed by atoms with Gasteiger partial charge in [-0.1, -0.05) is 30.3 Å². The van der Waals surface area contributed by atoms with Crippen LogP contribution in [0, 0.1) is 0 Å². The smallest absolute Gasteiger partial charge is 0.236 e. The van der Waals surface area contributed by atoms with E-state index in [9.17, 15) is 4.79 Å². The molecule has 0 atom stereocenters. The van der Waals surface area contributed by atoms with E-state index in [-0.39, 0.29) is 12.5 Å². The maximum Gasteiger partial charge on any atom is 0.236 e. The summed E-state index contributed by atoms with van der Waals surface area (Å²) in [5, 5.41) is 8.72. The Kier molecular flexibility index (Phi) is 7.92. The molecule has 0 bridgehead atoms. The molecule has 0 aliphatic carbocycles. The molecule has 0 aromatic heterocycles. The Morgan fingerprint density at radius 3 is 2.45 bits per heavy atom. The predicted octanol–water partition coefficient (Wildman–Crippen LogP) is 1.74. The first-order valence-electron chi connectivity index (χ1n) is 7.20. The summed E-state index contributed by atoms with van der Waals surface area (Å²) in [5.74, 6) is 0.138. The van der Waals surface area contributed by atoms with Crippen molar-refractivity contribution >= 4 is 5.91 Å². The van der Waals surface area contributed by atoms with E-state index in [1.807, 2.05) is 49.3 Å². The second kappa shape index (κ2) is 9.50. The molecule has 1 aromatic carbocycles. The summed E-state index contributed by atoms with van der Waals surface area (Å²) in [6.07, 6.45) is 2.87. The number of benzene rings is 1. The fourth-order valence-corrected chi connectivity index (χ4v) is 2.05. The van der Waals surface area contributed by atoms with Gasteiger partial charge < -0.3 is 10.0 Å². The zero-order valence-corrected chi connectivity index (χ0v) is 12.6. The van der Waals surface area contributed by atoms with Gasteiger partial charge in [0.2, 0.25) is 5.91 Å². The van der Waals surface area contributed by atoms with Crippen LogP contribution in [0.3, 0.4) is 0 Å². The maximum atomic E-state index is 12.1. The third-order valence-electron chi connectivity index (χ3n) is 3.29. The van der Waals surface area contributed by atoms with E-state index in [2.05, 4.69) is 0 Å². The summed E-state index contributed by atoms with van der Waals surface area (Å²) in [4.78, 5) is 15.9. The molecular formula is C16H26N2O2. The third kappa shape index (κ3) is 6.68. The Balaban J connectivity index is 2.27. The predicted molar refractivity (Wildman–Crippen MR) is 81.3 cm³/mol. The highest BCUT2D eigenvalue weighted by Gasteiger charge is 2.11. The summed E-state index contributed by atoms with van der Waals surface area (Å²) in [6.45, 7) is 2.24. The third-order valence-corrected chi connectivity index (χ3v) is 3.29. The van der Waals surface area contributed by atoms with Crippen LogP contribution in [0.2, 0.25) is 0 Å². The lowest BCUT2D eigenvalue weighted by Crippen LogP contribution is -2.36. The highest BCUT2D eigenvalue weighted by Crippen LogP contribution is 2.03. The molecule has 4 heteroatoms. The number of aliphatic hydroxyl groups excluding tert-OH is 1. The highest BCUT2D eigenvalue weighted by atomic mass is 16.2. The molecule has 1 amide bonds. The molecule has 0 aliphatic heterocycles. The first kappa shape index (κ1) is 16.7. The number of carbonyl (C=O) groups excluding carboxylic acids is 1. The second-order valence-corrected chi connectivity index (χ2v) is 5.26. The van der Waals surface area contributed by atoms with Gasteiger partial charge in [0.05, 0.1) is 6.54 Å². The van der Waals surface area contributed by atoms with E-state index < -0.39 is 0 Å². The standard InChI is InChI=1S/C16H26N2O2/c1-17(11-7-4-8-12-19)14-16(20)18(2)13-15-9-5-3-6-10-15/h3,5-6,9-10,19H,4,7-8,11-14H2,1-2H3. The van der Waals surface area contributed by atoms with E-state index >= 15 is 0 Å². The topological polar surface area (TPSA) is 43.8 Å². The van der Waals surface area contributed by atoms with E-state index in [4.69, 9.17) is 5.11 Å². The van der Waals surface area contributed by atoms with Crippen LogP contribution in [0.1, 0.15) is 24.8 Å². The van der Waals surface area contributed by atoms with Crippen molar-refractivity contribution in [1.82, 2.24) is 9.80 Å². The van der Waals surface area contributed by atoms with E-state index in [0.717, 1.165) is 31.4 Å². The van der Waals surface area contributed by atoms with Crippen LogP contribution in [0.15, 0.2) is 30.3 Å². The quantitative estimate of drug-likeness (QED) is 0.700. The molecule has 0 saturated carbocycles. The molecule has 0 aliphatic rings. The minimum atomic E-state index is 0.138. The lowest BCUT2D eigenvalue weighted by Gasteiger charge is -2.22. The van der Waals surface area contributed by atoms with Gasteiger partial charge in [0.15, 0.2) is 0 Å². The van der Waals surface area contributed by atoms with Crippen LogP contribution < -0.4 is 0 Å². The summed E-state index contributed by atoms with van der Waals surface area (Å²) in [7, 11) is 3.81. The molecule has 20 heavy (non-hydrogen) atoms. The maximum absolute atomic E-state index is 12.1. The summed E-state index contributed by atoms with van der Waals surface area (Å²) in [6, 6.07) is 10.0. The molecule has 0 spiro atoms. The molecule has 4 nitrogen and oxygen atoms in total. The summed E-state index contributed by atoms with van der Waals surface area (Å²) in [5.41, 5.74) is 1.15. The van der Waals surface area contributed by atoms with Crippen LogP contribution >= 0.6 is 0 Å². The van der Waals surface area contributed by atoms with Gasteiger partial charge in [-0.2, -0.15) is 0 Å². The highest BCUT2D eigenvalue weighted by molar-refractivity contribution is 5.77. The monoisotopic (exact) mass is 278 g/mol. The van der Waals surface area contributed by atoms with Crippen molar-refractivity contribution < 1.29 is 9.90 Å². The zero-order valence-electron chi connectivity index (χ0n) is 12.6. The Morgan fingerprint density at radius 2 is 1.80 bits per heavy atom. The van der Waals surface area contributed by atoms with Crippen molar-refractivity contribution in [3.63, 3.8) is 0 Å². The van der Waals surface area contributed by atoms with Crippen LogP contribution in [0.5, 0.6) is 0 Å². The number of likely N-dealkylation sites (N-methyl/N-ethyl adjacent to an activating group) is 2. The Labute approximate surface area is 122 Å². The summed E-state index contributed by atoms with van der Waals surface area (Å²) < 4.78 is 0. The van der Waals surface area contributed by atoms with Gasteiger partial charge in [0, 0.05) is 20.2 Å². The Bertz CT molecular complexity index is 381. The van der Waals surface area contributed by atoms with Crippen LogP contribution in [0.4, 0.5) is 0 Å². The lowest BCUT2D eigenvalue weighted by atomic mass is 10.2. The molecule has 1 rings (SSSR count). The van der Waals surface area contributed by atoms with E-state index in [0.29, 0.717) is 13.1 Å². The zero-order chi connectivity index (χ0) is 14.8. The molecule has 1 aromatic rings. The molecule has 1 N–H and O–H groups in total. The Morgan fingerprint density at radius 1 is 1.10 bits per heavy atom. The fourth-order valence-electron chi connectivity index (χ4n) is 2.05. The molecule has 0 unspecified atom stereocenters. The number of aliphatic hydroxyl groups is 1. The SMILES string of the molecule is CN(CCCCCO)CC(=O)N(C)Cc1ccccc1. The molecule has 0 saturated heterocycles. The minimum Gasteiger partial charge on any atom is -0.396 e. The number of rotatable bonds is 9. The normalized spacial score (nSPS) is 10.8. The molecular weight excluding hydrogens is 252 g/mol. The lowest BCUT2D eigenvalue weighted by molar-refractivity contribution is -0.131. The van der Waals surface area contributed by atoms with Gasteiger partial charge in [0.25, 0.3) is 0 Å². The average molecular weight is 278 g/mol. The number of hydrogen-bond donors (Lipinski definition) is 1. The van der Waals surface area contributed by atoms with Crippen molar-refractivity contribution in [1.29, 1.82) is 0 Å². The number of hydrogen-bond acceptors (Lipinski definition) is 3. The van der Waals surface area contributed by atoms with Crippen molar-refractivity contribution in [2.24, 2.45) is 0 Å². The first-order chi connectivity index (χ1) is 9.63. The second-order valence-electron chi connectivity index (χ2n) is 5.26. The largest absolute Gasteiger partial charge is 0.396 e. The minimum absolute atomic E-state index is 0.138. The Hall–Kier alpha value is -1.39. The van der Waals surface area contributed by atoms with Gasteiger partial charge in [-0.3, -0.25) is 9.69 Å². The van der Waals surface area contributed by atoms with Gasteiger partial charge in [-0.05, 0) is 38.4 Å². The van der Waals surface area contributed by atoms with Crippen LogP contribution in [-0.2, 0) is 11.3 Å². The van der Waals surface area contributed by atoms with Gasteiger partial charge in [0.1, 0.15) is 0 Å². The first-order valence-corrected chi connectivity index (χ1v) is 7.20. The molecule has 0 fully saturated rings. The van der Waals surface area contributed by atoms with Gasteiger partial charge in [-0.15, -0.1) is 0 Å². The number of carbonyl (C=O) groups is 1. The summed E-state index contributed by atoms with van der Waals surface area (Å²) >= 11 is 0. The molecule has 0 radical (unpaired) electrons. The van der Waals surface area contributed by atoms with Crippen LogP contribution in [-0.4, -0.2) is 54.6 Å². The molecule has 0 heterocycles. The van der Waals surface area contributed by atoms with E-state index in [1.54, 1.807) is 4.90 Å². The van der Waals surface area contributed by atoms with E-state index in [1.165, 1.54) is 0 Å². The average Bonchev–Trinajstić information content (AvgIpc) is 2.44. The number of nitrogens with zero attached hydrogens (tertiary/aromatic N) is 2. The fraction of sp³-hybridized carbons (Fsp3) is 0.562.